The number of morpholine rings is 1. The van der Waals surface area contributed by atoms with Crippen LogP contribution in [0.25, 0.3) is 0 Å². The lowest BCUT2D eigenvalue weighted by molar-refractivity contribution is -0.384. The second-order valence-electron chi connectivity index (χ2n) is 13.7. The zero-order valence-electron chi connectivity index (χ0n) is 30.0. The monoisotopic (exact) mass is 754 g/mol. The fourth-order valence-corrected chi connectivity index (χ4v) is 8.13. The Morgan fingerprint density at radius 3 is 2.46 bits per heavy atom. The molecule has 2 heterocycles. The Bertz CT molecular complexity index is 1860. The van der Waals surface area contributed by atoms with Crippen LogP contribution in [0.5, 0.6) is 5.75 Å². The van der Waals surface area contributed by atoms with Gasteiger partial charge in [0.1, 0.15) is 11.4 Å². The molecule has 3 aromatic carbocycles. The molecular formula is C38H47ClN4O8S. The van der Waals surface area contributed by atoms with Crippen LogP contribution in [0.4, 0.5) is 11.4 Å². The molecule has 14 heteroatoms. The molecule has 0 saturated carbocycles. The molecule has 3 aromatic rings. The van der Waals surface area contributed by atoms with Crippen LogP contribution < -0.4 is 14.8 Å². The molecule has 0 aliphatic carbocycles. The molecule has 52 heavy (non-hydrogen) atoms. The van der Waals surface area contributed by atoms with Crippen molar-refractivity contribution in [1.29, 1.82) is 0 Å². The zero-order chi connectivity index (χ0) is 37.6. The maximum absolute atomic E-state index is 13.3. The third-order valence-electron chi connectivity index (χ3n) is 9.70. The maximum Gasteiger partial charge on any atom is 0.293 e. The third kappa shape index (κ3) is 9.50. The van der Waals surface area contributed by atoms with Crippen LogP contribution in [0.15, 0.2) is 77.7 Å². The molecule has 0 aromatic heterocycles. The molecule has 2 aliphatic heterocycles. The number of nitrogens with one attached hydrogen (secondary N) is 2. The number of hydrogen-bond acceptors (Lipinski definition) is 10. The van der Waals surface area contributed by atoms with E-state index in [2.05, 4.69) is 35.4 Å². The number of methoxy groups -OCH3 is 1. The molecule has 5 rings (SSSR count). The van der Waals surface area contributed by atoms with Crippen molar-refractivity contribution in [1.82, 2.24) is 9.62 Å². The van der Waals surface area contributed by atoms with Crippen LogP contribution in [-0.2, 0) is 30.7 Å². The first kappa shape index (κ1) is 39.2. The summed E-state index contributed by atoms with van der Waals surface area (Å²) >= 11 is 6.19. The van der Waals surface area contributed by atoms with E-state index >= 15 is 0 Å². The number of halogens is 1. The SMILES string of the molecule is C=C(C)[C@H]1C[C@H](c2ccc(Cl)cc2)[C@H](C(C)C)O[C@@H]1c1cc(CC(=O)NS(=O)(=O)c2ccc(NCCN3CCOCC3)c([N+](=O)[O-])c2)ccc1OC. The fraction of sp³-hybridized carbons (Fsp3) is 0.447. The molecule has 0 radical (unpaired) electrons. The molecule has 0 spiro atoms. The summed E-state index contributed by atoms with van der Waals surface area (Å²) in [5.74, 6) is -0.0326. The van der Waals surface area contributed by atoms with E-state index in [1.165, 1.54) is 12.1 Å². The number of nitrogens with zero attached hydrogens (tertiary/aromatic N) is 2. The summed E-state index contributed by atoms with van der Waals surface area (Å²) < 4.78 is 46.7. The van der Waals surface area contributed by atoms with Gasteiger partial charge in [-0.1, -0.05) is 55.8 Å². The third-order valence-corrected chi connectivity index (χ3v) is 11.3. The highest BCUT2D eigenvalue weighted by atomic mass is 35.5. The van der Waals surface area contributed by atoms with Gasteiger partial charge in [-0.3, -0.25) is 19.8 Å². The minimum Gasteiger partial charge on any atom is -0.496 e. The number of carbonyl (C=O) groups is 1. The van der Waals surface area contributed by atoms with E-state index in [1.807, 2.05) is 37.3 Å². The van der Waals surface area contributed by atoms with Gasteiger partial charge in [0, 0.05) is 54.7 Å². The first-order valence-electron chi connectivity index (χ1n) is 17.4. The molecule has 2 aliphatic rings. The molecule has 280 valence electrons. The summed E-state index contributed by atoms with van der Waals surface area (Å²) in [6, 6.07) is 16.6. The number of sulfonamides is 1. The molecule has 2 saturated heterocycles. The number of anilines is 1. The molecule has 1 amide bonds. The Morgan fingerprint density at radius 2 is 1.83 bits per heavy atom. The van der Waals surface area contributed by atoms with E-state index in [0.717, 1.165) is 42.3 Å². The van der Waals surface area contributed by atoms with Crippen molar-refractivity contribution in [3.8, 4) is 5.75 Å². The number of amides is 1. The number of nitro benzene ring substituents is 1. The quantitative estimate of drug-likeness (QED) is 0.106. The summed E-state index contributed by atoms with van der Waals surface area (Å²) in [6.45, 7) is 14.4. The molecule has 12 nitrogen and oxygen atoms in total. The Balaban J connectivity index is 1.32. The second-order valence-corrected chi connectivity index (χ2v) is 15.8. The topological polar surface area (TPSA) is 149 Å². The van der Waals surface area contributed by atoms with Gasteiger partial charge in [0.15, 0.2) is 0 Å². The predicted molar refractivity (Wildman–Crippen MR) is 200 cm³/mol. The lowest BCUT2D eigenvalue weighted by Gasteiger charge is -2.44. The molecule has 2 fully saturated rings. The van der Waals surface area contributed by atoms with E-state index < -0.39 is 37.5 Å². The first-order valence-corrected chi connectivity index (χ1v) is 19.2. The van der Waals surface area contributed by atoms with Crippen LogP contribution in [0.1, 0.15) is 55.9 Å². The van der Waals surface area contributed by atoms with Crippen molar-refractivity contribution in [2.24, 2.45) is 11.8 Å². The molecule has 4 atom stereocenters. The van der Waals surface area contributed by atoms with E-state index in [-0.39, 0.29) is 36.0 Å². The van der Waals surface area contributed by atoms with Crippen molar-refractivity contribution in [3.05, 3.63) is 105 Å². The van der Waals surface area contributed by atoms with Crippen molar-refractivity contribution < 1.29 is 32.3 Å². The summed E-state index contributed by atoms with van der Waals surface area (Å²) in [4.78, 5) is 26.2. The van der Waals surface area contributed by atoms with E-state index in [4.69, 9.17) is 25.8 Å². The van der Waals surface area contributed by atoms with Crippen LogP contribution in [0, 0.1) is 22.0 Å². The number of hydrogen-bond donors (Lipinski definition) is 2. The van der Waals surface area contributed by atoms with E-state index in [9.17, 15) is 23.3 Å². The summed E-state index contributed by atoms with van der Waals surface area (Å²) in [7, 11) is -2.86. The van der Waals surface area contributed by atoms with Crippen molar-refractivity contribution in [3.63, 3.8) is 0 Å². The second kappa shape index (κ2) is 17.2. The standard InChI is InChI=1S/C38H47ClN4O8S/c1-24(2)30-23-31(27-7-9-28(39)10-8-27)37(25(3)4)51-38(30)32-20-26(6-13-35(32)49-5)21-36(44)41-52(47,48)29-11-12-33(34(22-29)43(45)46)40-14-15-42-16-18-50-19-17-42/h6-13,20,22,25,30-31,37-38,40H,1,14-19,21,23H2,2-5H3,(H,41,44)/t30-,31-,37+,38+/m1/s1. The van der Waals surface area contributed by atoms with Gasteiger partial charge in [0.05, 0.1) is 48.8 Å². The Labute approximate surface area is 310 Å². The van der Waals surface area contributed by atoms with Crippen molar-refractivity contribution in [2.75, 3.05) is 51.8 Å². The van der Waals surface area contributed by atoms with Crippen LogP contribution >= 0.6 is 11.6 Å². The van der Waals surface area contributed by atoms with Gasteiger partial charge in [-0.05, 0) is 66.8 Å². The van der Waals surface area contributed by atoms with Crippen LogP contribution in [0.3, 0.4) is 0 Å². The van der Waals surface area contributed by atoms with E-state index in [1.54, 1.807) is 19.2 Å². The smallest absolute Gasteiger partial charge is 0.293 e. The lowest BCUT2D eigenvalue weighted by atomic mass is 9.73. The van der Waals surface area contributed by atoms with Gasteiger partial charge >= 0.3 is 0 Å². The first-order chi connectivity index (χ1) is 24.8. The zero-order valence-corrected chi connectivity index (χ0v) is 31.5. The number of ether oxygens (including phenoxy) is 3. The predicted octanol–water partition coefficient (Wildman–Crippen LogP) is 6.51. The van der Waals surface area contributed by atoms with Crippen molar-refractivity contribution >= 4 is 38.9 Å². The number of benzene rings is 3. The molecule has 0 unspecified atom stereocenters. The maximum atomic E-state index is 13.3. The Kier molecular flexibility index (Phi) is 13.0. The average molecular weight is 755 g/mol. The highest BCUT2D eigenvalue weighted by molar-refractivity contribution is 7.90. The average Bonchev–Trinajstić information content (AvgIpc) is 3.11. The minimum atomic E-state index is -4.43. The van der Waals surface area contributed by atoms with Gasteiger partial charge in [0.2, 0.25) is 5.91 Å². The lowest BCUT2D eigenvalue weighted by Crippen LogP contribution is -2.39. The highest BCUT2D eigenvalue weighted by Gasteiger charge is 2.42. The Morgan fingerprint density at radius 1 is 1.12 bits per heavy atom. The van der Waals surface area contributed by atoms with Gasteiger partial charge in [0.25, 0.3) is 15.7 Å². The normalized spacial score (nSPS) is 21.0. The summed E-state index contributed by atoms with van der Waals surface area (Å²) in [5.41, 5.74) is 3.12. The van der Waals surface area contributed by atoms with Crippen molar-refractivity contribution in [2.45, 2.75) is 56.6 Å². The highest BCUT2D eigenvalue weighted by Crippen LogP contribution is 2.49. The van der Waals surface area contributed by atoms with E-state index in [0.29, 0.717) is 42.6 Å². The van der Waals surface area contributed by atoms with Gasteiger partial charge in [-0.25, -0.2) is 13.1 Å². The number of rotatable bonds is 14. The Hall–Kier alpha value is -4.01. The fourth-order valence-electron chi connectivity index (χ4n) is 7.00. The summed E-state index contributed by atoms with van der Waals surface area (Å²) in [6.07, 6.45) is -0.0775. The van der Waals surface area contributed by atoms with Gasteiger partial charge < -0.3 is 19.5 Å². The number of nitro groups is 1. The molecule has 0 bridgehead atoms. The largest absolute Gasteiger partial charge is 0.496 e. The summed E-state index contributed by atoms with van der Waals surface area (Å²) in [5, 5.41) is 15.6. The van der Waals surface area contributed by atoms with Crippen LogP contribution in [0.2, 0.25) is 5.02 Å². The van der Waals surface area contributed by atoms with Gasteiger partial charge in [-0.15, -0.1) is 0 Å². The van der Waals surface area contributed by atoms with Gasteiger partial charge in [-0.2, -0.15) is 0 Å². The number of carbonyl (C=O) groups excluding carboxylic acids is 1. The van der Waals surface area contributed by atoms with Crippen LogP contribution in [-0.4, -0.2) is 76.8 Å². The molecule has 2 N–H and O–H groups in total. The molecular weight excluding hydrogens is 708 g/mol. The minimum absolute atomic E-state index is 0.0818.